The topological polar surface area (TPSA) is 144 Å². The lowest BCUT2D eigenvalue weighted by molar-refractivity contribution is -0.127. The normalized spacial score (nSPS) is 22.2. The molecule has 3 amide bonds. The van der Waals surface area contributed by atoms with Gasteiger partial charge in [-0.2, -0.15) is 4.98 Å². The molecule has 14 nitrogen and oxygen atoms in total. The van der Waals surface area contributed by atoms with E-state index in [1.807, 2.05) is 9.47 Å². The molecule has 0 radical (unpaired) electrons. The van der Waals surface area contributed by atoms with Crippen LogP contribution in [-0.2, 0) is 18.4 Å². The minimum atomic E-state index is -0.564. The molecule has 2 atom stereocenters. The second-order valence-corrected chi connectivity index (χ2v) is 11.1. The van der Waals surface area contributed by atoms with Crippen LogP contribution in [0, 0.1) is 11.8 Å². The molecule has 206 valence electrons. The van der Waals surface area contributed by atoms with Gasteiger partial charge in [0, 0.05) is 53.4 Å². The molecular formula is C24H36N10O4. The van der Waals surface area contributed by atoms with Crippen LogP contribution >= 0.6 is 0 Å². The number of imidazole rings is 1. The van der Waals surface area contributed by atoms with Gasteiger partial charge in [-0.25, -0.2) is 14.6 Å². The van der Waals surface area contributed by atoms with Crippen molar-refractivity contribution in [2.24, 2.45) is 23.9 Å². The SMILES string of the molecule is CC(C)CN1C(N2CCN(c3nc4c(c(=O)[nH]c(=O)n4C)n3CC(C)C)CC2)=NC2C1C(=O)NC(=O)N2C. The standard InChI is InChI=1S/C24H36N10O4/c1-13(2)11-33-15-17(29(5)23(37)27-19(15)35)25-21(33)31-7-9-32(10-8-31)22-26-18-16(34(22)12-14(3)4)20(36)28-24(38)30(18)6/h13-15,17H,7-12H2,1-6H3,(H,27,35,37)(H,28,36,38). The molecular weight excluding hydrogens is 492 g/mol. The number of carbonyl (C=O) groups excluding carboxylic acids is 2. The van der Waals surface area contributed by atoms with Gasteiger partial charge in [0.15, 0.2) is 29.3 Å². The number of likely N-dealkylation sites (N-methyl/N-ethyl adjacent to an activating group) is 1. The number of aromatic nitrogens is 4. The number of urea groups is 1. The Labute approximate surface area is 219 Å². The van der Waals surface area contributed by atoms with Crippen LogP contribution < -0.4 is 21.5 Å². The van der Waals surface area contributed by atoms with Crippen molar-refractivity contribution >= 4 is 35.0 Å². The third kappa shape index (κ3) is 4.21. The van der Waals surface area contributed by atoms with Gasteiger partial charge in [0.2, 0.25) is 5.95 Å². The first kappa shape index (κ1) is 25.8. The summed E-state index contributed by atoms with van der Waals surface area (Å²) < 4.78 is 3.28. The minimum Gasteiger partial charge on any atom is -0.339 e. The molecule has 5 heterocycles. The number of guanidine groups is 1. The number of aliphatic imine (C=N–C) groups is 1. The number of rotatable bonds is 5. The Bertz CT molecular complexity index is 1410. The lowest BCUT2D eigenvalue weighted by Gasteiger charge is -2.41. The molecule has 3 aliphatic rings. The fourth-order valence-corrected chi connectivity index (χ4v) is 5.47. The van der Waals surface area contributed by atoms with Crippen LogP contribution in [0.4, 0.5) is 10.7 Å². The van der Waals surface area contributed by atoms with Crippen molar-refractivity contribution in [1.82, 2.24) is 39.1 Å². The van der Waals surface area contributed by atoms with Crippen molar-refractivity contribution in [3.05, 3.63) is 20.8 Å². The zero-order chi connectivity index (χ0) is 27.5. The molecule has 0 aromatic carbocycles. The fraction of sp³-hybridized carbons (Fsp3) is 0.667. The van der Waals surface area contributed by atoms with Crippen molar-refractivity contribution in [3.63, 3.8) is 0 Å². The lowest BCUT2D eigenvalue weighted by Crippen LogP contribution is -2.65. The van der Waals surface area contributed by atoms with Crippen molar-refractivity contribution in [2.75, 3.05) is 44.7 Å². The molecule has 0 bridgehead atoms. The number of carbonyl (C=O) groups is 2. The summed E-state index contributed by atoms with van der Waals surface area (Å²) in [4.78, 5) is 69.8. The van der Waals surface area contributed by atoms with Gasteiger partial charge < -0.3 is 24.2 Å². The van der Waals surface area contributed by atoms with Crippen molar-refractivity contribution < 1.29 is 9.59 Å². The number of nitrogens with one attached hydrogen (secondary N) is 2. The van der Waals surface area contributed by atoms with E-state index in [0.29, 0.717) is 56.4 Å². The molecule has 2 N–H and O–H groups in total. The summed E-state index contributed by atoms with van der Waals surface area (Å²) in [6, 6.07) is -1.000. The maximum atomic E-state index is 12.8. The lowest BCUT2D eigenvalue weighted by atomic mass is 10.1. The first-order valence-electron chi connectivity index (χ1n) is 13.1. The van der Waals surface area contributed by atoms with E-state index >= 15 is 0 Å². The van der Waals surface area contributed by atoms with Crippen LogP contribution in [0.2, 0.25) is 0 Å². The molecule has 5 rings (SSSR count). The summed E-state index contributed by atoms with van der Waals surface area (Å²) in [5.74, 6) is 1.60. The van der Waals surface area contributed by atoms with E-state index in [9.17, 15) is 19.2 Å². The third-order valence-electron chi connectivity index (χ3n) is 7.28. The predicted octanol–water partition coefficient (Wildman–Crippen LogP) is -0.595. The Morgan fingerprint density at radius 3 is 2.18 bits per heavy atom. The van der Waals surface area contributed by atoms with Gasteiger partial charge in [-0.1, -0.05) is 27.7 Å². The van der Waals surface area contributed by atoms with Gasteiger partial charge in [0.25, 0.3) is 11.5 Å². The molecule has 38 heavy (non-hydrogen) atoms. The largest absolute Gasteiger partial charge is 0.339 e. The number of aryl methyl sites for hydroxylation is 1. The first-order valence-corrected chi connectivity index (χ1v) is 13.1. The number of hydrogen-bond donors (Lipinski definition) is 2. The predicted molar refractivity (Wildman–Crippen MR) is 142 cm³/mol. The molecule has 2 aromatic heterocycles. The fourth-order valence-electron chi connectivity index (χ4n) is 5.47. The van der Waals surface area contributed by atoms with Crippen molar-refractivity contribution in [2.45, 2.75) is 46.4 Å². The Morgan fingerprint density at radius 1 is 0.921 bits per heavy atom. The van der Waals surface area contributed by atoms with Crippen LogP contribution in [-0.4, -0.2) is 104 Å². The summed E-state index contributed by atoms with van der Waals surface area (Å²) in [5.41, 5.74) is -0.177. The highest BCUT2D eigenvalue weighted by atomic mass is 16.2. The van der Waals surface area contributed by atoms with E-state index in [1.165, 1.54) is 9.47 Å². The smallest absolute Gasteiger partial charge is 0.329 e. The van der Waals surface area contributed by atoms with Crippen LogP contribution in [0.3, 0.4) is 0 Å². The number of nitrogens with zero attached hydrogens (tertiary/aromatic N) is 8. The molecule has 2 saturated heterocycles. The number of H-pyrrole nitrogens is 1. The van der Waals surface area contributed by atoms with Gasteiger partial charge in [-0.05, 0) is 11.8 Å². The van der Waals surface area contributed by atoms with E-state index in [0.717, 1.165) is 5.96 Å². The highest BCUT2D eigenvalue weighted by Gasteiger charge is 2.50. The zero-order valence-corrected chi connectivity index (χ0v) is 22.8. The van der Waals surface area contributed by atoms with Gasteiger partial charge in [0.1, 0.15) is 0 Å². The van der Waals surface area contributed by atoms with Gasteiger partial charge in [-0.3, -0.25) is 24.5 Å². The number of piperazine rings is 1. The van der Waals surface area contributed by atoms with Crippen molar-refractivity contribution in [1.29, 1.82) is 0 Å². The van der Waals surface area contributed by atoms with Crippen molar-refractivity contribution in [3.8, 4) is 0 Å². The molecule has 2 unspecified atom stereocenters. The summed E-state index contributed by atoms with van der Waals surface area (Å²) >= 11 is 0. The molecule has 0 spiro atoms. The van der Waals surface area contributed by atoms with Crippen LogP contribution in [0.1, 0.15) is 27.7 Å². The number of imide groups is 1. The number of aromatic amines is 1. The van der Waals surface area contributed by atoms with E-state index < -0.39 is 29.5 Å². The molecule has 14 heteroatoms. The average Bonchev–Trinajstić information content (AvgIpc) is 3.40. The summed E-state index contributed by atoms with van der Waals surface area (Å²) in [7, 11) is 3.26. The van der Waals surface area contributed by atoms with Gasteiger partial charge in [0.05, 0.1) is 0 Å². The van der Waals surface area contributed by atoms with Gasteiger partial charge in [-0.15, -0.1) is 0 Å². The number of anilines is 1. The Balaban J connectivity index is 1.44. The Hall–Kier alpha value is -3.84. The average molecular weight is 529 g/mol. The molecule has 3 aliphatic heterocycles. The maximum Gasteiger partial charge on any atom is 0.329 e. The quantitative estimate of drug-likeness (QED) is 0.524. The second kappa shape index (κ2) is 9.48. The highest BCUT2D eigenvalue weighted by Crippen LogP contribution is 2.28. The minimum absolute atomic E-state index is 0.260. The number of amides is 3. The summed E-state index contributed by atoms with van der Waals surface area (Å²) in [6.07, 6.45) is -0.564. The maximum absolute atomic E-state index is 12.8. The summed E-state index contributed by atoms with van der Waals surface area (Å²) in [6.45, 7) is 12.0. The second-order valence-electron chi connectivity index (χ2n) is 11.1. The molecule has 0 saturated carbocycles. The molecule has 0 aliphatic carbocycles. The first-order chi connectivity index (χ1) is 18.0. The van der Waals surface area contributed by atoms with Gasteiger partial charge >= 0.3 is 11.7 Å². The molecule has 2 fully saturated rings. The highest BCUT2D eigenvalue weighted by molar-refractivity contribution is 6.03. The van der Waals surface area contributed by atoms with Crippen LogP contribution in [0.15, 0.2) is 14.6 Å². The number of fused-ring (bicyclic) bond motifs is 2. The van der Waals surface area contributed by atoms with E-state index in [4.69, 9.17) is 9.98 Å². The zero-order valence-electron chi connectivity index (χ0n) is 22.8. The Morgan fingerprint density at radius 2 is 1.55 bits per heavy atom. The van der Waals surface area contributed by atoms with E-state index in [1.54, 1.807) is 14.1 Å². The summed E-state index contributed by atoms with van der Waals surface area (Å²) in [5, 5.41) is 2.45. The van der Waals surface area contributed by atoms with E-state index in [2.05, 4.69) is 47.8 Å². The third-order valence-corrected chi connectivity index (χ3v) is 7.28. The monoisotopic (exact) mass is 528 g/mol. The molecule has 2 aromatic rings. The van der Waals surface area contributed by atoms with E-state index in [-0.39, 0.29) is 17.7 Å². The Kier molecular flexibility index (Phi) is 6.43. The van der Waals surface area contributed by atoms with Crippen LogP contribution in [0.25, 0.3) is 11.2 Å². The van der Waals surface area contributed by atoms with Crippen LogP contribution in [0.5, 0.6) is 0 Å². The number of hydrogen-bond acceptors (Lipinski definition) is 9.